The highest BCUT2D eigenvalue weighted by molar-refractivity contribution is 5.96. The molecule has 158 valence electrons. The molecule has 1 saturated heterocycles. The first-order valence-corrected chi connectivity index (χ1v) is 11.0. The summed E-state index contributed by atoms with van der Waals surface area (Å²) in [4.78, 5) is 17.6. The third-order valence-corrected chi connectivity index (χ3v) is 6.30. The number of likely N-dealkylation sites (tertiary alicyclic amines) is 1. The molecule has 0 saturated carbocycles. The van der Waals surface area contributed by atoms with Crippen molar-refractivity contribution in [1.82, 2.24) is 15.0 Å². The van der Waals surface area contributed by atoms with E-state index >= 15 is 0 Å². The number of hydrogen-bond donors (Lipinski definition) is 0. The summed E-state index contributed by atoms with van der Waals surface area (Å²) in [6.45, 7) is 13.0. The number of nitrogens with zero attached hydrogens (tertiary/aromatic N) is 3. The van der Waals surface area contributed by atoms with Crippen LogP contribution in [0.1, 0.15) is 59.6 Å². The number of aromatic nitrogens is 1. The fraction of sp³-hybridized carbons (Fsp3) is 0.583. The fourth-order valence-electron chi connectivity index (χ4n) is 4.32. The first-order chi connectivity index (χ1) is 14.0. The van der Waals surface area contributed by atoms with Crippen molar-refractivity contribution in [3.63, 3.8) is 0 Å². The van der Waals surface area contributed by atoms with Crippen molar-refractivity contribution in [3.8, 4) is 0 Å². The number of aryl methyl sites for hydroxylation is 3. The Kier molecular flexibility index (Phi) is 7.48. The van der Waals surface area contributed by atoms with Gasteiger partial charge in [0.05, 0.1) is 5.69 Å². The predicted octanol–water partition coefficient (Wildman–Crippen LogP) is 4.27. The first-order valence-electron chi connectivity index (χ1n) is 11.0. The minimum Gasteiger partial charge on any atom is -0.361 e. The van der Waals surface area contributed by atoms with Crippen molar-refractivity contribution in [2.45, 2.75) is 53.4 Å². The lowest BCUT2D eigenvalue weighted by molar-refractivity contribution is 0.0699. The van der Waals surface area contributed by atoms with E-state index in [2.05, 4.69) is 48.2 Å². The molecule has 5 heteroatoms. The van der Waals surface area contributed by atoms with Crippen LogP contribution in [0, 0.1) is 19.8 Å². The minimum atomic E-state index is 0.0742. The summed E-state index contributed by atoms with van der Waals surface area (Å²) in [5.41, 5.74) is 4.28. The number of carbonyl (C=O) groups excluding carboxylic acids is 1. The molecule has 1 aromatic heterocycles. The van der Waals surface area contributed by atoms with Crippen molar-refractivity contribution in [2.75, 3.05) is 32.7 Å². The molecule has 1 fully saturated rings. The van der Waals surface area contributed by atoms with Gasteiger partial charge in [-0.05, 0) is 76.6 Å². The molecule has 1 aromatic carbocycles. The summed E-state index contributed by atoms with van der Waals surface area (Å²) in [6, 6.07) is 8.67. The lowest BCUT2D eigenvalue weighted by Crippen LogP contribution is -2.41. The molecule has 0 atom stereocenters. The molecule has 2 aromatic rings. The van der Waals surface area contributed by atoms with E-state index in [0.717, 1.165) is 64.1 Å². The largest absolute Gasteiger partial charge is 0.361 e. The topological polar surface area (TPSA) is 49.6 Å². The van der Waals surface area contributed by atoms with E-state index in [-0.39, 0.29) is 5.91 Å². The number of piperidine rings is 1. The van der Waals surface area contributed by atoms with Crippen LogP contribution in [0.2, 0.25) is 0 Å². The zero-order valence-corrected chi connectivity index (χ0v) is 18.4. The molecule has 0 radical (unpaired) electrons. The Bertz CT molecular complexity index is 806. The average molecular weight is 398 g/mol. The Morgan fingerprint density at radius 2 is 1.93 bits per heavy atom. The summed E-state index contributed by atoms with van der Waals surface area (Å²) in [6.07, 6.45) is 4.14. The molecule has 3 rings (SSSR count). The molecule has 0 N–H and O–H groups in total. The van der Waals surface area contributed by atoms with Gasteiger partial charge in [0.15, 0.2) is 0 Å². The highest BCUT2D eigenvalue weighted by Crippen LogP contribution is 2.22. The Morgan fingerprint density at radius 1 is 1.21 bits per heavy atom. The fourth-order valence-corrected chi connectivity index (χ4v) is 4.32. The zero-order valence-electron chi connectivity index (χ0n) is 18.4. The molecule has 0 unspecified atom stereocenters. The number of rotatable bonds is 8. The van der Waals surface area contributed by atoms with Crippen molar-refractivity contribution >= 4 is 5.91 Å². The molecule has 29 heavy (non-hydrogen) atoms. The standard InChI is InChI=1S/C24H35N3O2/c1-5-22-23(19(4)29-25-22)24(28)27(6-2)17-20-11-14-26(15-12-20)16-13-21-10-8-7-9-18(21)3/h7-10,20H,5-6,11-17H2,1-4H3. The van der Waals surface area contributed by atoms with E-state index in [1.807, 2.05) is 18.7 Å². The lowest BCUT2D eigenvalue weighted by atomic mass is 9.95. The normalized spacial score (nSPS) is 15.6. The van der Waals surface area contributed by atoms with Crippen LogP contribution in [0.25, 0.3) is 0 Å². The van der Waals surface area contributed by atoms with Gasteiger partial charge >= 0.3 is 0 Å². The van der Waals surface area contributed by atoms with Crippen molar-refractivity contribution in [3.05, 3.63) is 52.4 Å². The van der Waals surface area contributed by atoms with Gasteiger partial charge in [0.2, 0.25) is 0 Å². The van der Waals surface area contributed by atoms with Crippen LogP contribution in [0.4, 0.5) is 0 Å². The number of hydrogen-bond acceptors (Lipinski definition) is 4. The van der Waals surface area contributed by atoms with Gasteiger partial charge in [-0.2, -0.15) is 0 Å². The Morgan fingerprint density at radius 3 is 2.59 bits per heavy atom. The van der Waals surface area contributed by atoms with E-state index in [1.165, 1.54) is 11.1 Å². The third-order valence-electron chi connectivity index (χ3n) is 6.30. The molecule has 1 aliphatic heterocycles. The maximum atomic E-state index is 13.1. The van der Waals surface area contributed by atoms with E-state index in [4.69, 9.17) is 4.52 Å². The van der Waals surface area contributed by atoms with Gasteiger partial charge in [0.25, 0.3) is 5.91 Å². The third kappa shape index (κ3) is 5.27. The SMILES string of the molecule is CCc1noc(C)c1C(=O)N(CC)CC1CCN(CCc2ccccc2C)CC1. The summed E-state index contributed by atoms with van der Waals surface area (Å²) in [5.74, 6) is 1.28. The highest BCUT2D eigenvalue weighted by Gasteiger charge is 2.27. The monoisotopic (exact) mass is 397 g/mol. The van der Waals surface area contributed by atoms with Crippen molar-refractivity contribution < 1.29 is 9.32 Å². The summed E-state index contributed by atoms with van der Waals surface area (Å²) in [5, 5.41) is 4.05. The molecule has 0 aliphatic carbocycles. The van der Waals surface area contributed by atoms with E-state index in [1.54, 1.807) is 0 Å². The van der Waals surface area contributed by atoms with Crippen LogP contribution >= 0.6 is 0 Å². The van der Waals surface area contributed by atoms with Crippen LogP contribution in [-0.4, -0.2) is 53.6 Å². The molecular weight excluding hydrogens is 362 g/mol. The van der Waals surface area contributed by atoms with Crippen molar-refractivity contribution in [2.24, 2.45) is 5.92 Å². The maximum Gasteiger partial charge on any atom is 0.259 e. The predicted molar refractivity (Wildman–Crippen MR) is 116 cm³/mol. The Labute approximate surface area is 175 Å². The van der Waals surface area contributed by atoms with Crippen LogP contribution in [-0.2, 0) is 12.8 Å². The number of amides is 1. The van der Waals surface area contributed by atoms with Crippen molar-refractivity contribution in [1.29, 1.82) is 0 Å². The van der Waals surface area contributed by atoms with E-state index in [0.29, 0.717) is 17.2 Å². The van der Waals surface area contributed by atoms with Crippen LogP contribution in [0.15, 0.2) is 28.8 Å². The highest BCUT2D eigenvalue weighted by atomic mass is 16.5. The molecular formula is C24H35N3O2. The Balaban J connectivity index is 1.50. The van der Waals surface area contributed by atoms with Gasteiger partial charge in [-0.25, -0.2) is 0 Å². The smallest absolute Gasteiger partial charge is 0.259 e. The van der Waals surface area contributed by atoms with Gasteiger partial charge in [-0.15, -0.1) is 0 Å². The molecule has 0 spiro atoms. The zero-order chi connectivity index (χ0) is 20.8. The molecule has 1 aliphatic rings. The van der Waals surface area contributed by atoms with E-state index < -0.39 is 0 Å². The van der Waals surface area contributed by atoms with Gasteiger partial charge < -0.3 is 14.3 Å². The average Bonchev–Trinajstić information content (AvgIpc) is 3.12. The first kappa shape index (κ1) is 21.6. The second-order valence-corrected chi connectivity index (χ2v) is 8.22. The number of carbonyl (C=O) groups is 1. The van der Waals surface area contributed by atoms with Gasteiger partial charge in [0, 0.05) is 19.6 Å². The van der Waals surface area contributed by atoms with Crippen LogP contribution in [0.3, 0.4) is 0 Å². The summed E-state index contributed by atoms with van der Waals surface area (Å²) < 4.78 is 5.27. The van der Waals surface area contributed by atoms with Gasteiger partial charge in [-0.1, -0.05) is 36.3 Å². The molecule has 1 amide bonds. The van der Waals surface area contributed by atoms with Crippen LogP contribution in [0.5, 0.6) is 0 Å². The second-order valence-electron chi connectivity index (χ2n) is 8.22. The molecule has 0 bridgehead atoms. The second kappa shape index (κ2) is 10.1. The van der Waals surface area contributed by atoms with Gasteiger partial charge in [0.1, 0.15) is 11.3 Å². The van der Waals surface area contributed by atoms with Crippen LogP contribution < -0.4 is 0 Å². The number of benzene rings is 1. The quantitative estimate of drug-likeness (QED) is 0.667. The summed E-state index contributed by atoms with van der Waals surface area (Å²) in [7, 11) is 0. The lowest BCUT2D eigenvalue weighted by Gasteiger charge is -2.34. The molecule has 5 nitrogen and oxygen atoms in total. The maximum absolute atomic E-state index is 13.1. The Hall–Kier alpha value is -2.14. The minimum absolute atomic E-state index is 0.0742. The molecule has 2 heterocycles. The van der Waals surface area contributed by atoms with Gasteiger partial charge in [-0.3, -0.25) is 4.79 Å². The summed E-state index contributed by atoms with van der Waals surface area (Å²) >= 11 is 0. The van der Waals surface area contributed by atoms with E-state index in [9.17, 15) is 4.79 Å².